The third-order valence-corrected chi connectivity index (χ3v) is 9.73. The molecule has 0 aromatic heterocycles. The molecule has 0 spiro atoms. The number of benzene rings is 2. The number of likely N-dealkylation sites (N-methyl/N-ethyl adjacent to an activating group) is 1. The highest BCUT2D eigenvalue weighted by atomic mass is 16.5. The zero-order chi connectivity index (χ0) is 34.0. The van der Waals surface area contributed by atoms with Crippen LogP contribution in [0.5, 0.6) is 23.0 Å². The second-order valence-electron chi connectivity index (χ2n) is 13.0. The quantitative estimate of drug-likeness (QED) is 0.0595. The Morgan fingerprint density at radius 1 is 1.11 bits per heavy atom. The predicted molar refractivity (Wildman–Crippen MR) is 183 cm³/mol. The van der Waals surface area contributed by atoms with E-state index in [0.29, 0.717) is 55.8 Å². The number of carboxylic acids is 1. The highest BCUT2D eigenvalue weighted by Crippen LogP contribution is 2.50. The van der Waals surface area contributed by atoms with Crippen molar-refractivity contribution >= 4 is 23.4 Å². The highest BCUT2D eigenvalue weighted by Gasteiger charge is 2.42. The van der Waals surface area contributed by atoms with Gasteiger partial charge in [0.1, 0.15) is 5.60 Å². The number of carbonyl (C=O) groups is 2. The van der Waals surface area contributed by atoms with Gasteiger partial charge in [-0.05, 0) is 111 Å². The minimum atomic E-state index is -0.802. The molecule has 0 bridgehead atoms. The monoisotopic (exact) mass is 650 g/mol. The second kappa shape index (κ2) is 16.0. The number of aromatic hydroxyl groups is 2. The Labute approximate surface area is 277 Å². The first-order chi connectivity index (χ1) is 22.5. The third-order valence-electron chi connectivity index (χ3n) is 9.73. The van der Waals surface area contributed by atoms with Gasteiger partial charge in [-0.3, -0.25) is 14.6 Å². The number of aliphatic imine (C=N–C) groups is 1. The van der Waals surface area contributed by atoms with Crippen molar-refractivity contribution in [1.29, 1.82) is 0 Å². The third kappa shape index (κ3) is 9.18. The van der Waals surface area contributed by atoms with Crippen LogP contribution < -0.4 is 25.8 Å². The molecule has 2 aromatic rings. The fourth-order valence-electron chi connectivity index (χ4n) is 7.20. The van der Waals surface area contributed by atoms with Crippen LogP contribution in [0.15, 0.2) is 47.5 Å². The lowest BCUT2D eigenvalue weighted by Crippen LogP contribution is -2.43. The van der Waals surface area contributed by atoms with Crippen molar-refractivity contribution in [3.63, 3.8) is 0 Å². The van der Waals surface area contributed by atoms with E-state index in [1.54, 1.807) is 31.3 Å². The van der Waals surface area contributed by atoms with Gasteiger partial charge in [0.25, 0.3) is 0 Å². The minimum Gasteiger partial charge on any atom is -0.504 e. The highest BCUT2D eigenvalue weighted by molar-refractivity contribution is 5.94. The van der Waals surface area contributed by atoms with E-state index in [1.807, 2.05) is 25.3 Å². The molecule has 47 heavy (non-hydrogen) atoms. The number of aliphatic carboxylic acids is 1. The number of carboxylic acid groups (broad SMARTS) is 1. The van der Waals surface area contributed by atoms with E-state index in [2.05, 4.69) is 15.6 Å². The Bertz CT molecular complexity index is 1470. The molecule has 2 aliphatic rings. The zero-order valence-electron chi connectivity index (χ0n) is 27.8. The van der Waals surface area contributed by atoms with E-state index >= 15 is 0 Å². The number of nitrogens with zero attached hydrogens (tertiary/aromatic N) is 1. The van der Waals surface area contributed by atoms with Gasteiger partial charge in [-0.25, -0.2) is 0 Å². The van der Waals surface area contributed by atoms with E-state index in [4.69, 9.17) is 15.2 Å². The number of hydrogen-bond acceptors (Lipinski definition) is 8. The van der Waals surface area contributed by atoms with E-state index in [9.17, 15) is 24.9 Å². The van der Waals surface area contributed by atoms with E-state index in [0.717, 1.165) is 49.7 Å². The first-order valence-corrected chi connectivity index (χ1v) is 16.5. The van der Waals surface area contributed by atoms with Crippen molar-refractivity contribution in [2.75, 3.05) is 33.1 Å². The number of nitrogens with two attached hydrogens (primary N) is 1. The van der Waals surface area contributed by atoms with Gasteiger partial charge in [0.05, 0.1) is 12.8 Å². The molecule has 256 valence electrons. The van der Waals surface area contributed by atoms with Crippen LogP contribution in [-0.2, 0) is 21.4 Å². The number of nitrogens with one attached hydrogen (secondary N) is 2. The lowest BCUT2D eigenvalue weighted by molar-refractivity contribution is -0.137. The molecule has 11 nitrogen and oxygen atoms in total. The molecule has 2 aliphatic carbocycles. The minimum absolute atomic E-state index is 0.0156. The average molecular weight is 651 g/mol. The maximum absolute atomic E-state index is 12.9. The number of methoxy groups -OCH3 is 1. The molecule has 2 saturated carbocycles. The molecule has 2 atom stereocenters. The van der Waals surface area contributed by atoms with Crippen LogP contribution in [0.4, 0.5) is 5.69 Å². The van der Waals surface area contributed by atoms with Crippen LogP contribution in [0, 0.1) is 5.92 Å². The average Bonchev–Trinajstić information content (AvgIpc) is 3.69. The summed E-state index contributed by atoms with van der Waals surface area (Å²) in [5.74, 6) is 0.314. The van der Waals surface area contributed by atoms with Crippen LogP contribution in [0.25, 0.3) is 0 Å². The van der Waals surface area contributed by atoms with Crippen LogP contribution >= 0.6 is 0 Å². The smallest absolute Gasteiger partial charge is 0.303 e. The lowest BCUT2D eigenvalue weighted by Gasteiger charge is -2.34. The first-order valence-electron chi connectivity index (χ1n) is 16.5. The first kappa shape index (κ1) is 35.6. The summed E-state index contributed by atoms with van der Waals surface area (Å²) < 4.78 is 11.9. The van der Waals surface area contributed by atoms with Crippen LogP contribution in [0.3, 0.4) is 0 Å². The largest absolute Gasteiger partial charge is 0.504 e. The summed E-state index contributed by atoms with van der Waals surface area (Å²) in [7, 11) is 4.92. The molecule has 0 aliphatic heterocycles. The molecule has 0 amide bonds. The molecule has 0 radical (unpaired) electrons. The zero-order valence-corrected chi connectivity index (χ0v) is 27.8. The normalized spacial score (nSPS) is 20.8. The summed E-state index contributed by atoms with van der Waals surface area (Å²) in [6.45, 7) is 0.550. The molecule has 0 saturated heterocycles. The second-order valence-corrected chi connectivity index (χ2v) is 13.0. The van der Waals surface area contributed by atoms with Crippen LogP contribution in [-0.4, -0.2) is 66.4 Å². The number of phenols is 2. The maximum atomic E-state index is 12.9. The van der Waals surface area contributed by atoms with Gasteiger partial charge in [-0.1, -0.05) is 25.0 Å². The van der Waals surface area contributed by atoms with Gasteiger partial charge in [0, 0.05) is 26.4 Å². The number of ether oxygens (including phenoxy) is 2. The molecular weight excluding hydrogens is 600 g/mol. The summed E-state index contributed by atoms with van der Waals surface area (Å²) in [5.41, 5.74) is 7.47. The van der Waals surface area contributed by atoms with Crippen molar-refractivity contribution in [3.05, 3.63) is 53.6 Å². The Balaban J connectivity index is 1.57. The Morgan fingerprint density at radius 2 is 1.87 bits per heavy atom. The number of anilines is 1. The van der Waals surface area contributed by atoms with Crippen molar-refractivity contribution in [1.82, 2.24) is 5.32 Å². The van der Waals surface area contributed by atoms with Crippen molar-refractivity contribution in [2.24, 2.45) is 16.6 Å². The standard InChI is InChI=1S/C36H50N4O7/c1-38-23-36(18-14-25(22-36)10-13-32(43)44)47-31-21-26(20-28(33(31)45)40-34(37)39-2)35(15-4-5-16-35)17-6-7-27(41)11-8-24-9-12-29(42)30(19-24)46-3/h6-7,9,12,19-21,25,38,42,45H,4-5,8,10-11,13-18,22-23H2,1-3H3,(H,43,44)(H3,37,39,40)/t25-,36-/m0/s1. The predicted octanol–water partition coefficient (Wildman–Crippen LogP) is 5.42. The van der Waals surface area contributed by atoms with Gasteiger partial charge in [-0.2, -0.15) is 0 Å². The summed E-state index contributed by atoms with van der Waals surface area (Å²) in [6, 6.07) is 8.95. The molecule has 2 fully saturated rings. The van der Waals surface area contributed by atoms with E-state index < -0.39 is 11.6 Å². The number of ketones is 1. The van der Waals surface area contributed by atoms with Gasteiger partial charge in [0.15, 0.2) is 34.7 Å². The van der Waals surface area contributed by atoms with Crippen molar-refractivity contribution < 1.29 is 34.4 Å². The SMILES string of the molecule is CN=C(N)Nc1cc(C2(CC=CC(=O)CCc3ccc(O)c(OC)c3)CCCC2)cc(O[C@@]2(CNC)CC[C@H](CCC(=O)O)C2)c1O. The molecule has 0 unspecified atom stereocenters. The summed E-state index contributed by atoms with van der Waals surface area (Å²) in [5, 5.41) is 36.8. The molecule has 2 aromatic carbocycles. The van der Waals surface area contributed by atoms with Crippen LogP contribution in [0.2, 0.25) is 0 Å². The van der Waals surface area contributed by atoms with Crippen molar-refractivity contribution in [2.45, 2.75) is 88.1 Å². The fraction of sp³-hybridized carbons (Fsp3) is 0.528. The summed E-state index contributed by atoms with van der Waals surface area (Å²) >= 11 is 0. The fourth-order valence-corrected chi connectivity index (χ4v) is 7.20. The number of allylic oxidation sites excluding steroid dienone is 2. The number of carbonyl (C=O) groups excluding carboxylic acids is 1. The van der Waals surface area contributed by atoms with Gasteiger partial charge in [-0.15, -0.1) is 0 Å². The summed E-state index contributed by atoms with van der Waals surface area (Å²) in [6.07, 6.45) is 12.0. The molecule has 0 heterocycles. The Kier molecular flexibility index (Phi) is 12.1. The molecule has 4 rings (SSSR count). The molecular formula is C36H50N4O7. The molecule has 11 heteroatoms. The summed E-state index contributed by atoms with van der Waals surface area (Å²) in [4.78, 5) is 28.1. The van der Waals surface area contributed by atoms with Gasteiger partial charge >= 0.3 is 5.97 Å². The maximum Gasteiger partial charge on any atom is 0.303 e. The number of guanidine groups is 1. The van der Waals surface area contributed by atoms with Gasteiger partial charge in [0.2, 0.25) is 0 Å². The number of aryl methyl sites for hydroxylation is 1. The number of hydrogen-bond donors (Lipinski definition) is 6. The van der Waals surface area contributed by atoms with Gasteiger partial charge < -0.3 is 41.2 Å². The Morgan fingerprint density at radius 3 is 2.55 bits per heavy atom. The van der Waals surface area contributed by atoms with Crippen LogP contribution in [0.1, 0.15) is 81.8 Å². The number of phenolic OH excluding ortho intramolecular Hbond substituents is 2. The number of rotatable bonds is 16. The van der Waals surface area contributed by atoms with E-state index in [-0.39, 0.29) is 41.0 Å². The lowest BCUT2D eigenvalue weighted by atomic mass is 9.75. The molecule has 7 N–H and O–H groups in total. The topological polar surface area (TPSA) is 176 Å². The Hall–Kier alpha value is -4.25. The van der Waals surface area contributed by atoms with Crippen molar-refractivity contribution in [3.8, 4) is 23.0 Å². The van der Waals surface area contributed by atoms with E-state index in [1.165, 1.54) is 7.11 Å².